The maximum Gasteiger partial charge on any atom is 0.405 e. The fourth-order valence-corrected chi connectivity index (χ4v) is 3.27. The largest absolute Gasteiger partial charge is 0.497 e. The third-order valence-electron chi connectivity index (χ3n) is 4.81. The van der Waals surface area contributed by atoms with E-state index in [9.17, 15) is 18.0 Å². The fourth-order valence-electron chi connectivity index (χ4n) is 3.27. The standard InChI is InChI=1S/C19H27F3N2O3/c1-26-16-9-15(10-17(11-16)27-2)4-3-14-5-7-24(8-6-14)12-18(25)23-13-19(20,21)22/h9-11,14H,3-8,12-13H2,1-2H3,(H,23,25). The summed E-state index contributed by atoms with van der Waals surface area (Å²) in [5, 5.41) is 1.92. The SMILES string of the molecule is COc1cc(CCC2CCN(CC(=O)NCC(F)(F)F)CC2)cc(OC)c1. The number of amides is 1. The minimum Gasteiger partial charge on any atom is -0.497 e. The zero-order chi connectivity index (χ0) is 19.9. The average molecular weight is 388 g/mol. The molecule has 0 unspecified atom stereocenters. The van der Waals surface area contributed by atoms with Gasteiger partial charge in [-0.3, -0.25) is 9.69 Å². The van der Waals surface area contributed by atoms with Crippen molar-refractivity contribution in [2.75, 3.05) is 40.4 Å². The summed E-state index contributed by atoms with van der Waals surface area (Å²) in [5.74, 6) is 1.50. The number of hydrogen-bond donors (Lipinski definition) is 1. The molecule has 27 heavy (non-hydrogen) atoms. The molecule has 1 heterocycles. The Balaban J connectivity index is 1.72. The molecule has 152 valence electrons. The Labute approximate surface area is 157 Å². The Morgan fingerprint density at radius 1 is 1.15 bits per heavy atom. The van der Waals surface area contributed by atoms with E-state index in [2.05, 4.69) is 0 Å². The number of methoxy groups -OCH3 is 2. The third-order valence-corrected chi connectivity index (χ3v) is 4.81. The van der Waals surface area contributed by atoms with Crippen molar-refractivity contribution in [1.29, 1.82) is 0 Å². The van der Waals surface area contributed by atoms with E-state index in [4.69, 9.17) is 9.47 Å². The van der Waals surface area contributed by atoms with E-state index in [1.54, 1.807) is 14.2 Å². The molecule has 1 aromatic rings. The summed E-state index contributed by atoms with van der Waals surface area (Å²) >= 11 is 0. The summed E-state index contributed by atoms with van der Waals surface area (Å²) in [7, 11) is 3.25. The number of aryl methyl sites for hydroxylation is 1. The summed E-state index contributed by atoms with van der Waals surface area (Å²) in [6.45, 7) is 0.208. The van der Waals surface area contributed by atoms with E-state index >= 15 is 0 Å². The molecule has 1 fully saturated rings. The van der Waals surface area contributed by atoms with Gasteiger partial charge in [-0.15, -0.1) is 0 Å². The number of nitrogens with one attached hydrogen (secondary N) is 1. The molecule has 0 spiro atoms. The van der Waals surface area contributed by atoms with Gasteiger partial charge in [-0.1, -0.05) is 0 Å². The summed E-state index contributed by atoms with van der Waals surface area (Å²) in [4.78, 5) is 13.5. The highest BCUT2D eigenvalue weighted by atomic mass is 19.4. The molecule has 1 aliphatic heterocycles. The van der Waals surface area contributed by atoms with Gasteiger partial charge in [0.25, 0.3) is 0 Å². The van der Waals surface area contributed by atoms with Crippen LogP contribution in [0.2, 0.25) is 0 Å². The molecule has 1 saturated heterocycles. The number of nitrogens with zero attached hydrogens (tertiary/aromatic N) is 1. The van der Waals surface area contributed by atoms with Crippen molar-refractivity contribution < 1.29 is 27.4 Å². The average Bonchev–Trinajstić information content (AvgIpc) is 2.65. The highest BCUT2D eigenvalue weighted by molar-refractivity contribution is 5.78. The Kier molecular flexibility index (Phi) is 7.77. The first kappa shape index (κ1) is 21.3. The Morgan fingerprint density at radius 2 is 1.74 bits per heavy atom. The lowest BCUT2D eigenvalue weighted by Gasteiger charge is -2.31. The maximum absolute atomic E-state index is 12.1. The maximum atomic E-state index is 12.1. The molecule has 8 heteroatoms. The second-order valence-electron chi connectivity index (χ2n) is 6.87. The molecule has 0 radical (unpaired) electrons. The summed E-state index contributed by atoms with van der Waals surface area (Å²) in [5.41, 5.74) is 1.15. The van der Waals surface area contributed by atoms with Gasteiger partial charge in [0.2, 0.25) is 5.91 Å². The summed E-state index contributed by atoms with van der Waals surface area (Å²) in [6, 6.07) is 5.84. The predicted octanol–water partition coefficient (Wildman–Crippen LogP) is 3.03. The van der Waals surface area contributed by atoms with Gasteiger partial charge in [0.15, 0.2) is 0 Å². The number of ether oxygens (including phenoxy) is 2. The lowest BCUT2D eigenvalue weighted by molar-refractivity contribution is -0.139. The molecule has 1 aliphatic rings. The van der Waals surface area contributed by atoms with Crippen molar-refractivity contribution >= 4 is 5.91 Å². The first-order valence-electron chi connectivity index (χ1n) is 9.07. The number of hydrogen-bond acceptors (Lipinski definition) is 4. The molecule has 0 bridgehead atoms. The molecule has 1 amide bonds. The van der Waals surface area contributed by atoms with Gasteiger partial charge in [0.1, 0.15) is 18.0 Å². The Bertz CT molecular complexity index is 592. The van der Waals surface area contributed by atoms with E-state index in [0.29, 0.717) is 5.92 Å². The van der Waals surface area contributed by atoms with Crippen LogP contribution in [-0.4, -0.2) is 57.4 Å². The molecule has 0 aliphatic carbocycles. The number of piperidine rings is 1. The number of benzene rings is 1. The number of rotatable bonds is 8. The number of halogens is 3. The van der Waals surface area contributed by atoms with Crippen LogP contribution in [0.15, 0.2) is 18.2 Å². The number of alkyl halides is 3. The van der Waals surface area contributed by atoms with Gasteiger partial charge in [0, 0.05) is 6.07 Å². The van der Waals surface area contributed by atoms with E-state index in [0.717, 1.165) is 55.8 Å². The lowest BCUT2D eigenvalue weighted by Crippen LogP contribution is -2.43. The molecule has 0 aromatic heterocycles. The monoisotopic (exact) mass is 388 g/mol. The Hall–Kier alpha value is -1.96. The van der Waals surface area contributed by atoms with Gasteiger partial charge in [-0.05, 0) is 62.4 Å². The molecule has 0 atom stereocenters. The van der Waals surface area contributed by atoms with E-state index in [1.807, 2.05) is 28.4 Å². The lowest BCUT2D eigenvalue weighted by atomic mass is 9.90. The quantitative estimate of drug-likeness (QED) is 0.744. The smallest absolute Gasteiger partial charge is 0.405 e. The van der Waals surface area contributed by atoms with Crippen LogP contribution in [0.4, 0.5) is 13.2 Å². The molecule has 1 aromatic carbocycles. The third kappa shape index (κ3) is 7.66. The molecule has 1 N–H and O–H groups in total. The van der Waals surface area contributed by atoms with Gasteiger partial charge in [-0.25, -0.2) is 0 Å². The van der Waals surface area contributed by atoms with Crippen molar-refractivity contribution in [3.63, 3.8) is 0 Å². The number of likely N-dealkylation sites (tertiary alicyclic amines) is 1. The molecular weight excluding hydrogens is 361 g/mol. The minimum absolute atomic E-state index is 0.0237. The van der Waals surface area contributed by atoms with Gasteiger partial charge >= 0.3 is 6.18 Å². The van der Waals surface area contributed by atoms with Gasteiger partial charge in [-0.2, -0.15) is 13.2 Å². The minimum atomic E-state index is -4.37. The highest BCUT2D eigenvalue weighted by Crippen LogP contribution is 2.26. The molecule has 2 rings (SSSR count). The molecule has 0 saturated carbocycles. The zero-order valence-corrected chi connectivity index (χ0v) is 15.8. The molecular formula is C19H27F3N2O3. The van der Waals surface area contributed by atoms with Crippen LogP contribution in [0.1, 0.15) is 24.8 Å². The highest BCUT2D eigenvalue weighted by Gasteiger charge is 2.28. The van der Waals surface area contributed by atoms with Crippen LogP contribution in [0.25, 0.3) is 0 Å². The number of carbonyl (C=O) groups excluding carboxylic acids is 1. The van der Waals surface area contributed by atoms with Gasteiger partial charge in [0.05, 0.1) is 20.8 Å². The first-order valence-corrected chi connectivity index (χ1v) is 9.07. The van der Waals surface area contributed by atoms with Crippen LogP contribution >= 0.6 is 0 Å². The fraction of sp³-hybridized carbons (Fsp3) is 0.632. The van der Waals surface area contributed by atoms with E-state index < -0.39 is 18.6 Å². The van der Waals surface area contributed by atoms with Crippen LogP contribution in [0, 0.1) is 5.92 Å². The first-order chi connectivity index (χ1) is 12.8. The number of carbonyl (C=O) groups is 1. The normalized spacial score (nSPS) is 16.2. The van der Waals surface area contributed by atoms with Crippen molar-refractivity contribution in [2.24, 2.45) is 5.92 Å². The van der Waals surface area contributed by atoms with Crippen LogP contribution < -0.4 is 14.8 Å². The van der Waals surface area contributed by atoms with Crippen LogP contribution in [0.3, 0.4) is 0 Å². The van der Waals surface area contributed by atoms with Crippen LogP contribution in [-0.2, 0) is 11.2 Å². The summed E-state index contributed by atoms with van der Waals surface area (Å²) in [6.07, 6.45) is -0.568. The second-order valence-corrected chi connectivity index (χ2v) is 6.87. The van der Waals surface area contributed by atoms with Crippen molar-refractivity contribution in [3.05, 3.63) is 23.8 Å². The van der Waals surface area contributed by atoms with Crippen molar-refractivity contribution in [3.8, 4) is 11.5 Å². The zero-order valence-electron chi connectivity index (χ0n) is 15.8. The van der Waals surface area contributed by atoms with Crippen LogP contribution in [0.5, 0.6) is 11.5 Å². The van der Waals surface area contributed by atoms with Gasteiger partial charge < -0.3 is 14.8 Å². The summed E-state index contributed by atoms with van der Waals surface area (Å²) < 4.78 is 46.9. The predicted molar refractivity (Wildman–Crippen MR) is 96.1 cm³/mol. The molecule has 5 nitrogen and oxygen atoms in total. The van der Waals surface area contributed by atoms with E-state index in [1.165, 1.54) is 0 Å². The Morgan fingerprint density at radius 3 is 2.26 bits per heavy atom. The van der Waals surface area contributed by atoms with E-state index in [-0.39, 0.29) is 6.54 Å². The van der Waals surface area contributed by atoms with Crippen molar-refractivity contribution in [1.82, 2.24) is 10.2 Å². The topological polar surface area (TPSA) is 50.8 Å². The van der Waals surface area contributed by atoms with Crippen molar-refractivity contribution in [2.45, 2.75) is 31.9 Å². The second kappa shape index (κ2) is 9.82.